The van der Waals surface area contributed by atoms with Gasteiger partial charge in [0.25, 0.3) is 5.91 Å². The van der Waals surface area contributed by atoms with E-state index in [1.807, 2.05) is 13.8 Å². The fourth-order valence-electron chi connectivity index (χ4n) is 3.19. The summed E-state index contributed by atoms with van der Waals surface area (Å²) < 4.78 is 2.07. The predicted octanol–water partition coefficient (Wildman–Crippen LogP) is 4.67. The van der Waals surface area contributed by atoms with Gasteiger partial charge < -0.3 is 20.4 Å². The molecule has 0 saturated carbocycles. The van der Waals surface area contributed by atoms with Crippen LogP contribution in [0.3, 0.4) is 0 Å². The highest BCUT2D eigenvalue weighted by atomic mass is 127. The first-order valence-corrected chi connectivity index (χ1v) is 14.3. The minimum Gasteiger partial charge on any atom is -0.354 e. The molecule has 1 aromatic carbocycles. The van der Waals surface area contributed by atoms with Gasteiger partial charge in [-0.25, -0.2) is 0 Å². The number of benzene rings is 1. The van der Waals surface area contributed by atoms with Gasteiger partial charge in [0, 0.05) is 47.0 Å². The van der Waals surface area contributed by atoms with Gasteiger partial charge in [-0.1, -0.05) is 12.8 Å². The van der Waals surface area contributed by atoms with E-state index in [-0.39, 0.29) is 29.7 Å². The van der Waals surface area contributed by atoms with Crippen LogP contribution in [0.4, 0.5) is 11.4 Å². The summed E-state index contributed by atoms with van der Waals surface area (Å²) in [5.74, 6) is -0.495. The van der Waals surface area contributed by atoms with Crippen LogP contribution in [0.25, 0.3) is 0 Å². The van der Waals surface area contributed by atoms with Crippen LogP contribution in [0.2, 0.25) is 0 Å². The van der Waals surface area contributed by atoms with Crippen molar-refractivity contribution in [3.05, 3.63) is 16.3 Å². The number of carbonyl (C=O) groups is 4. The molecule has 0 radical (unpaired) electrons. The van der Waals surface area contributed by atoms with Crippen molar-refractivity contribution in [3.63, 3.8) is 0 Å². The van der Waals surface area contributed by atoms with Gasteiger partial charge >= 0.3 is 0 Å². The second-order valence-electron chi connectivity index (χ2n) is 8.31. The van der Waals surface area contributed by atoms with Crippen molar-refractivity contribution in [2.45, 2.75) is 65.8 Å². The highest BCUT2D eigenvalue weighted by Gasteiger charge is 2.29. The summed E-state index contributed by atoms with van der Waals surface area (Å²) in [7, 11) is 3.32. The molecule has 0 aromatic heterocycles. The van der Waals surface area contributed by atoms with Crippen LogP contribution in [0.5, 0.6) is 0 Å². The van der Waals surface area contributed by atoms with E-state index in [1.54, 1.807) is 14.1 Å². The fraction of sp³-hybridized carbons (Fsp3) is 0.565. The lowest BCUT2D eigenvalue weighted by Gasteiger charge is -2.27. The Morgan fingerprint density at radius 2 is 1.26 bits per heavy atom. The molecule has 1 rings (SSSR count). The van der Waals surface area contributed by atoms with E-state index in [1.165, 1.54) is 23.6 Å². The number of nitrogens with zero attached hydrogens (tertiary/aromatic N) is 2. The van der Waals surface area contributed by atoms with E-state index < -0.39 is 0 Å². The maximum atomic E-state index is 13.2. The molecule has 11 heteroatoms. The van der Waals surface area contributed by atoms with Crippen molar-refractivity contribution in [2.24, 2.45) is 0 Å². The Balaban J connectivity index is 2.96. The van der Waals surface area contributed by atoms with Crippen LogP contribution >= 0.6 is 67.8 Å². The van der Waals surface area contributed by atoms with Crippen molar-refractivity contribution in [2.75, 3.05) is 30.4 Å². The number of rotatable bonds is 11. The smallest absolute Gasteiger partial charge is 0.253 e. The topological polar surface area (TPSA) is 98.8 Å². The van der Waals surface area contributed by atoms with Gasteiger partial charge in [0.15, 0.2) is 0 Å². The summed E-state index contributed by atoms with van der Waals surface area (Å²) in [5, 5.41) is 5.86. The number of anilines is 2. The number of amides is 4. The molecular weight excluding hydrogens is 777 g/mol. The van der Waals surface area contributed by atoms with Crippen LogP contribution in [0, 0.1) is 10.7 Å². The minimum atomic E-state index is -0.238. The van der Waals surface area contributed by atoms with Crippen molar-refractivity contribution in [3.8, 4) is 0 Å². The third-order valence-corrected chi connectivity index (χ3v) is 8.30. The van der Waals surface area contributed by atoms with Crippen molar-refractivity contribution in [1.29, 1.82) is 0 Å². The third-order valence-electron chi connectivity index (χ3n) is 5.18. The molecule has 0 heterocycles. The molecule has 4 amide bonds. The van der Waals surface area contributed by atoms with Gasteiger partial charge in [0.2, 0.25) is 17.7 Å². The first-order chi connectivity index (χ1) is 15.8. The molecular formula is C23H33I3N4O4. The van der Waals surface area contributed by atoms with Gasteiger partial charge in [-0.05, 0) is 94.5 Å². The zero-order valence-corrected chi connectivity index (χ0v) is 27.0. The number of halogens is 3. The summed E-state index contributed by atoms with van der Waals surface area (Å²) in [6, 6.07) is 0.154. The molecule has 0 fully saturated rings. The first-order valence-electron chi connectivity index (χ1n) is 11.1. The Morgan fingerprint density at radius 1 is 0.794 bits per heavy atom. The lowest BCUT2D eigenvalue weighted by Crippen LogP contribution is -2.32. The Bertz CT molecular complexity index is 890. The Morgan fingerprint density at radius 3 is 1.71 bits per heavy atom. The number of hydrogen-bond acceptors (Lipinski definition) is 4. The van der Waals surface area contributed by atoms with E-state index in [4.69, 9.17) is 0 Å². The maximum Gasteiger partial charge on any atom is 0.253 e. The Kier molecular flexibility index (Phi) is 13.6. The van der Waals surface area contributed by atoms with Crippen LogP contribution in [-0.4, -0.2) is 50.3 Å². The molecule has 0 aliphatic heterocycles. The lowest BCUT2D eigenvalue weighted by molar-refractivity contribution is -0.121. The third kappa shape index (κ3) is 8.75. The molecule has 0 spiro atoms. The summed E-state index contributed by atoms with van der Waals surface area (Å²) in [4.78, 5) is 52.1. The molecule has 0 bridgehead atoms. The molecule has 0 aliphatic carbocycles. The lowest BCUT2D eigenvalue weighted by atomic mass is 10.1. The Labute approximate surface area is 243 Å². The second kappa shape index (κ2) is 14.8. The standard InChI is InChI=1S/C23H33I3N4O4/c1-13(2)28-16(33)11-9-7-8-10-12-27-23(34)17-18(24)21(29(5)14(3)31)20(26)22(19(17)25)30(6)15(4)32/h13H,7-12H2,1-6H3,(H,27,34)(H,28,33). The van der Waals surface area contributed by atoms with Crippen molar-refractivity contribution in [1.82, 2.24) is 10.6 Å². The molecule has 0 saturated heterocycles. The summed E-state index contributed by atoms with van der Waals surface area (Å²) in [5.41, 5.74) is 1.68. The monoisotopic (exact) mass is 810 g/mol. The van der Waals surface area contributed by atoms with Gasteiger partial charge in [0.1, 0.15) is 0 Å². The normalized spacial score (nSPS) is 10.8. The zero-order valence-electron chi connectivity index (χ0n) is 20.5. The van der Waals surface area contributed by atoms with Gasteiger partial charge in [-0.15, -0.1) is 0 Å². The number of hydrogen-bond donors (Lipinski definition) is 2. The van der Waals surface area contributed by atoms with Gasteiger partial charge in [-0.2, -0.15) is 0 Å². The highest BCUT2D eigenvalue weighted by molar-refractivity contribution is 14.1. The SMILES string of the molecule is CC(=O)N(C)c1c(I)c(C(=O)NCCCCCCC(=O)NC(C)C)c(I)c(N(C)C(C)=O)c1I. The average Bonchev–Trinajstić information content (AvgIpc) is 2.71. The molecule has 8 nitrogen and oxygen atoms in total. The zero-order chi connectivity index (χ0) is 26.2. The number of carbonyl (C=O) groups excluding carboxylic acids is 4. The van der Waals surface area contributed by atoms with Crippen LogP contribution in [-0.2, 0) is 14.4 Å². The molecule has 2 N–H and O–H groups in total. The largest absolute Gasteiger partial charge is 0.354 e. The highest BCUT2D eigenvalue weighted by Crippen LogP contribution is 2.41. The maximum absolute atomic E-state index is 13.2. The molecule has 34 heavy (non-hydrogen) atoms. The van der Waals surface area contributed by atoms with E-state index >= 15 is 0 Å². The van der Waals surface area contributed by atoms with Gasteiger partial charge in [-0.3, -0.25) is 19.2 Å². The first kappa shape index (κ1) is 31.3. The molecule has 190 valence electrons. The minimum absolute atomic E-state index is 0.0730. The predicted molar refractivity (Wildman–Crippen MR) is 161 cm³/mol. The summed E-state index contributed by atoms with van der Waals surface area (Å²) in [6.07, 6.45) is 3.96. The quantitative estimate of drug-likeness (QED) is 0.251. The van der Waals surface area contributed by atoms with Crippen LogP contribution in [0.15, 0.2) is 0 Å². The van der Waals surface area contributed by atoms with E-state index in [9.17, 15) is 19.2 Å². The molecule has 1 aromatic rings. The van der Waals surface area contributed by atoms with E-state index in [0.29, 0.717) is 37.0 Å². The summed E-state index contributed by atoms with van der Waals surface area (Å²) in [6.45, 7) is 7.32. The number of nitrogens with one attached hydrogen (secondary N) is 2. The van der Waals surface area contributed by atoms with E-state index in [0.717, 1.165) is 29.3 Å². The van der Waals surface area contributed by atoms with Crippen LogP contribution in [0.1, 0.15) is 70.2 Å². The van der Waals surface area contributed by atoms with Crippen molar-refractivity contribution >= 4 is 103 Å². The number of unbranched alkanes of at least 4 members (excludes halogenated alkanes) is 3. The molecule has 0 unspecified atom stereocenters. The van der Waals surface area contributed by atoms with Crippen LogP contribution < -0.4 is 20.4 Å². The van der Waals surface area contributed by atoms with Gasteiger partial charge in [0.05, 0.1) is 27.6 Å². The van der Waals surface area contributed by atoms with E-state index in [2.05, 4.69) is 78.4 Å². The second-order valence-corrected chi connectivity index (χ2v) is 11.5. The fourth-order valence-corrected chi connectivity index (χ4v) is 8.29. The Hall–Kier alpha value is -0.710. The molecule has 0 atom stereocenters. The summed E-state index contributed by atoms with van der Waals surface area (Å²) >= 11 is 6.33. The van der Waals surface area contributed by atoms with Crippen molar-refractivity contribution < 1.29 is 19.2 Å². The molecule has 0 aliphatic rings. The average molecular weight is 810 g/mol.